The van der Waals surface area contributed by atoms with Crippen molar-refractivity contribution in [3.05, 3.63) is 30.1 Å². The van der Waals surface area contributed by atoms with Gasteiger partial charge in [0.1, 0.15) is 5.82 Å². The number of nitrogens with two attached hydrogens (primary N) is 1. The molecule has 0 spiro atoms. The van der Waals surface area contributed by atoms with Crippen LogP contribution in [-0.2, 0) is 17.7 Å². The second kappa shape index (κ2) is 5.50. The highest BCUT2D eigenvalue weighted by atomic mass is 32.1. The number of ether oxygens (including phenoxy) is 1. The van der Waals surface area contributed by atoms with Crippen molar-refractivity contribution in [3.8, 4) is 0 Å². The van der Waals surface area contributed by atoms with Crippen molar-refractivity contribution >= 4 is 28.2 Å². The van der Waals surface area contributed by atoms with Crippen LogP contribution in [0.25, 0.3) is 11.0 Å². The van der Waals surface area contributed by atoms with E-state index in [9.17, 15) is 0 Å². The molecule has 2 N–H and O–H groups in total. The molecule has 1 aromatic carbocycles. The molecule has 2 unspecified atom stereocenters. The van der Waals surface area contributed by atoms with E-state index < -0.39 is 0 Å². The van der Waals surface area contributed by atoms with Gasteiger partial charge in [0.05, 0.1) is 41.2 Å². The van der Waals surface area contributed by atoms with Gasteiger partial charge in [-0.25, -0.2) is 4.98 Å². The van der Waals surface area contributed by atoms with E-state index in [1.165, 1.54) is 0 Å². The number of thiocarbonyl (C=S) groups is 1. The Balaban J connectivity index is 1.95. The number of nitrogens with zero attached hydrogens (tertiary/aromatic N) is 2. The first-order valence-corrected chi connectivity index (χ1v) is 7.42. The summed E-state index contributed by atoms with van der Waals surface area (Å²) in [6, 6.07) is 8.14. The van der Waals surface area contributed by atoms with Gasteiger partial charge in [-0.1, -0.05) is 24.4 Å². The van der Waals surface area contributed by atoms with Crippen LogP contribution in [0.5, 0.6) is 0 Å². The Bertz CT molecular complexity index is 637. The maximum atomic E-state index is 5.93. The number of aromatic nitrogens is 2. The van der Waals surface area contributed by atoms with Crippen molar-refractivity contribution < 1.29 is 4.74 Å². The predicted molar refractivity (Wildman–Crippen MR) is 83.8 cm³/mol. The SMILES string of the molecule is CC1CCC(Cn2c(CC(N)=S)nc3ccccc32)O1. The summed E-state index contributed by atoms with van der Waals surface area (Å²) in [7, 11) is 0. The molecule has 0 saturated carbocycles. The van der Waals surface area contributed by atoms with Crippen LogP contribution in [0, 0.1) is 0 Å². The van der Waals surface area contributed by atoms with Gasteiger partial charge in [-0.05, 0) is 31.9 Å². The Morgan fingerprint density at radius 2 is 2.25 bits per heavy atom. The zero-order valence-electron chi connectivity index (χ0n) is 11.6. The first kappa shape index (κ1) is 13.5. The van der Waals surface area contributed by atoms with Crippen molar-refractivity contribution in [3.63, 3.8) is 0 Å². The number of imidazole rings is 1. The molecule has 0 amide bonds. The molecule has 1 aliphatic rings. The van der Waals surface area contributed by atoms with Crippen LogP contribution < -0.4 is 5.73 Å². The normalized spacial score (nSPS) is 22.4. The molecule has 0 aliphatic carbocycles. The summed E-state index contributed by atoms with van der Waals surface area (Å²) in [4.78, 5) is 5.13. The summed E-state index contributed by atoms with van der Waals surface area (Å²) in [5.41, 5.74) is 7.81. The molecule has 106 valence electrons. The van der Waals surface area contributed by atoms with Crippen molar-refractivity contribution in [1.82, 2.24) is 9.55 Å². The summed E-state index contributed by atoms with van der Waals surface area (Å²) < 4.78 is 8.14. The van der Waals surface area contributed by atoms with Crippen LogP contribution in [-0.4, -0.2) is 26.7 Å². The molecule has 3 rings (SSSR count). The Hall–Kier alpha value is -1.46. The van der Waals surface area contributed by atoms with E-state index in [1.54, 1.807) is 0 Å². The number of rotatable bonds is 4. The van der Waals surface area contributed by atoms with Crippen molar-refractivity contribution in [2.24, 2.45) is 5.73 Å². The van der Waals surface area contributed by atoms with Gasteiger partial charge in [0.15, 0.2) is 0 Å². The lowest BCUT2D eigenvalue weighted by molar-refractivity contribution is 0.0460. The summed E-state index contributed by atoms with van der Waals surface area (Å²) in [5.74, 6) is 0.932. The third kappa shape index (κ3) is 2.69. The Morgan fingerprint density at radius 1 is 1.45 bits per heavy atom. The third-order valence-electron chi connectivity index (χ3n) is 3.77. The highest BCUT2D eigenvalue weighted by Crippen LogP contribution is 2.24. The Labute approximate surface area is 123 Å². The standard InChI is InChI=1S/C15H19N3OS/c1-10-6-7-11(19-10)9-18-13-5-3-2-4-12(13)17-15(18)8-14(16)20/h2-5,10-11H,6-9H2,1H3,(H2,16,20). The van der Waals surface area contributed by atoms with Gasteiger partial charge in [0.2, 0.25) is 0 Å². The largest absolute Gasteiger partial charge is 0.393 e. The molecule has 1 saturated heterocycles. The van der Waals surface area contributed by atoms with E-state index in [0.29, 0.717) is 17.5 Å². The molecular weight excluding hydrogens is 270 g/mol. The first-order valence-electron chi connectivity index (χ1n) is 7.01. The van der Waals surface area contributed by atoms with Crippen LogP contribution in [0.1, 0.15) is 25.6 Å². The van der Waals surface area contributed by atoms with Crippen LogP contribution in [0.3, 0.4) is 0 Å². The monoisotopic (exact) mass is 289 g/mol. The second-order valence-electron chi connectivity index (χ2n) is 5.42. The highest BCUT2D eigenvalue weighted by molar-refractivity contribution is 7.80. The van der Waals surface area contributed by atoms with Gasteiger partial charge in [0, 0.05) is 0 Å². The molecule has 2 atom stereocenters. The lowest BCUT2D eigenvalue weighted by Gasteiger charge is -2.15. The lowest BCUT2D eigenvalue weighted by Crippen LogP contribution is -2.21. The van der Waals surface area contributed by atoms with E-state index in [2.05, 4.69) is 22.5 Å². The predicted octanol–water partition coefficient (Wildman–Crippen LogP) is 2.43. The second-order valence-corrected chi connectivity index (χ2v) is 5.94. The molecule has 1 aromatic heterocycles. The maximum Gasteiger partial charge on any atom is 0.116 e. The number of hydrogen-bond acceptors (Lipinski definition) is 3. The fraction of sp³-hybridized carbons (Fsp3) is 0.467. The van der Waals surface area contributed by atoms with E-state index in [1.807, 2.05) is 18.2 Å². The van der Waals surface area contributed by atoms with Gasteiger partial charge >= 0.3 is 0 Å². The molecule has 4 nitrogen and oxygen atoms in total. The van der Waals surface area contributed by atoms with E-state index in [4.69, 9.17) is 22.7 Å². The zero-order valence-corrected chi connectivity index (χ0v) is 12.4. The smallest absolute Gasteiger partial charge is 0.116 e. The van der Waals surface area contributed by atoms with Crippen molar-refractivity contribution in [2.75, 3.05) is 0 Å². The quantitative estimate of drug-likeness (QED) is 0.878. The highest BCUT2D eigenvalue weighted by Gasteiger charge is 2.24. The number of hydrogen-bond donors (Lipinski definition) is 1. The zero-order chi connectivity index (χ0) is 14.1. The fourth-order valence-corrected chi connectivity index (χ4v) is 2.97. The van der Waals surface area contributed by atoms with Gasteiger partial charge in [-0.3, -0.25) is 0 Å². The third-order valence-corrected chi connectivity index (χ3v) is 3.92. The van der Waals surface area contributed by atoms with Gasteiger partial charge < -0.3 is 15.0 Å². The first-order chi connectivity index (χ1) is 9.63. The van der Waals surface area contributed by atoms with Gasteiger partial charge in [-0.15, -0.1) is 0 Å². The van der Waals surface area contributed by atoms with Crippen LogP contribution >= 0.6 is 12.2 Å². The molecule has 1 fully saturated rings. The Morgan fingerprint density at radius 3 is 2.95 bits per heavy atom. The fourth-order valence-electron chi connectivity index (χ4n) is 2.84. The van der Waals surface area contributed by atoms with Crippen LogP contribution in [0.15, 0.2) is 24.3 Å². The van der Waals surface area contributed by atoms with Crippen molar-refractivity contribution in [1.29, 1.82) is 0 Å². The summed E-state index contributed by atoms with van der Waals surface area (Å²) >= 11 is 5.04. The average molecular weight is 289 g/mol. The Kier molecular flexibility index (Phi) is 3.72. The molecule has 1 aliphatic heterocycles. The minimum Gasteiger partial charge on any atom is -0.393 e. The minimum atomic E-state index is 0.257. The summed E-state index contributed by atoms with van der Waals surface area (Å²) in [6.07, 6.45) is 3.37. The molecule has 0 bridgehead atoms. The topological polar surface area (TPSA) is 53.1 Å². The molecule has 0 radical (unpaired) electrons. The van der Waals surface area contributed by atoms with E-state index >= 15 is 0 Å². The minimum absolute atomic E-state index is 0.257. The molecule has 20 heavy (non-hydrogen) atoms. The lowest BCUT2D eigenvalue weighted by atomic mass is 10.2. The number of fused-ring (bicyclic) bond motifs is 1. The molecule has 2 aromatic rings. The van der Waals surface area contributed by atoms with Crippen molar-refractivity contribution in [2.45, 2.75) is 44.9 Å². The van der Waals surface area contributed by atoms with E-state index in [0.717, 1.165) is 36.2 Å². The molecule has 5 heteroatoms. The summed E-state index contributed by atoms with van der Waals surface area (Å²) in [6.45, 7) is 2.95. The number of para-hydroxylation sites is 2. The molecular formula is C15H19N3OS. The van der Waals surface area contributed by atoms with E-state index in [-0.39, 0.29) is 6.10 Å². The molecule has 2 heterocycles. The van der Waals surface area contributed by atoms with Crippen LogP contribution in [0.4, 0.5) is 0 Å². The maximum absolute atomic E-state index is 5.93. The van der Waals surface area contributed by atoms with Gasteiger partial charge in [-0.2, -0.15) is 0 Å². The average Bonchev–Trinajstić information content (AvgIpc) is 2.95. The summed E-state index contributed by atoms with van der Waals surface area (Å²) in [5, 5.41) is 0. The van der Waals surface area contributed by atoms with Crippen LogP contribution in [0.2, 0.25) is 0 Å². The number of benzene rings is 1. The van der Waals surface area contributed by atoms with Gasteiger partial charge in [0.25, 0.3) is 0 Å².